The van der Waals surface area contributed by atoms with Crippen molar-refractivity contribution in [2.45, 2.75) is 95.4 Å². The molecule has 2 aromatic rings. The number of nitriles is 3. The maximum absolute atomic E-state index is 7.62. The first-order valence-corrected chi connectivity index (χ1v) is 11.8. The number of nitrogens with zero attached hydrogens (tertiary/aromatic N) is 3. The Morgan fingerprint density at radius 2 is 0.844 bits per heavy atom. The average Bonchev–Trinajstić information content (AvgIpc) is 2.88. The topological polar surface area (TPSA) is 71.4 Å². The molecule has 2 aromatic carbocycles. The van der Waals surface area contributed by atoms with E-state index in [1.807, 2.05) is 92.6 Å². The first-order valence-electron chi connectivity index (χ1n) is 11.8. The van der Waals surface area contributed by atoms with Crippen LogP contribution >= 0.6 is 0 Å². The first kappa shape index (κ1) is 42.9. The van der Waals surface area contributed by atoms with Gasteiger partial charge in [-0.3, -0.25) is 0 Å². The summed E-state index contributed by atoms with van der Waals surface area (Å²) in [5, 5.41) is 27.3. The second kappa shape index (κ2) is 46.2. The quantitative estimate of drug-likeness (QED) is 0.413. The predicted octanol–water partition coefficient (Wildman–Crippen LogP) is 8.53. The van der Waals surface area contributed by atoms with Crippen LogP contribution < -0.4 is 10.4 Å². The molecule has 32 heavy (non-hydrogen) atoms. The summed E-state index contributed by atoms with van der Waals surface area (Å²) in [7, 11) is 0. The van der Waals surface area contributed by atoms with Crippen LogP contribution in [0.3, 0.4) is 0 Å². The van der Waals surface area contributed by atoms with E-state index >= 15 is 0 Å². The molecule has 3 nitrogen and oxygen atoms in total. The molecule has 0 spiro atoms. The normalized spacial score (nSPS) is 6.50. The van der Waals surface area contributed by atoms with E-state index < -0.39 is 0 Å². The summed E-state index contributed by atoms with van der Waals surface area (Å²) < 4.78 is 0. The molecule has 180 valence electrons. The Labute approximate surface area is 200 Å². The summed E-state index contributed by atoms with van der Waals surface area (Å²) in [5.41, 5.74) is 0. The summed E-state index contributed by atoms with van der Waals surface area (Å²) in [4.78, 5) is 0. The fraction of sp³-hybridized carbons (Fsp3) is 0.483. The Bertz CT molecular complexity index is 743. The van der Waals surface area contributed by atoms with Crippen LogP contribution in [0, 0.1) is 34.0 Å². The Hall–Kier alpha value is -3.09. The lowest BCUT2D eigenvalue weighted by Crippen LogP contribution is -2.07. The minimum atomic E-state index is 0. The summed E-state index contributed by atoms with van der Waals surface area (Å²) in [6, 6.07) is 17.5. The van der Waals surface area contributed by atoms with E-state index in [1.54, 1.807) is 12.1 Å². The fourth-order valence-electron chi connectivity index (χ4n) is 1.46. The van der Waals surface area contributed by atoms with Crippen LogP contribution in [-0.2, 0) is 0 Å². The van der Waals surface area contributed by atoms with Gasteiger partial charge in [0.05, 0.1) is 18.2 Å². The van der Waals surface area contributed by atoms with Gasteiger partial charge < -0.3 is 0 Å². The van der Waals surface area contributed by atoms with Crippen molar-refractivity contribution < 1.29 is 0 Å². The van der Waals surface area contributed by atoms with Crippen molar-refractivity contribution in [3.05, 3.63) is 46.8 Å². The Kier molecular flexibility index (Phi) is 62.0. The predicted molar refractivity (Wildman–Crippen MR) is 147 cm³/mol. The molecule has 2 rings (SSSR count). The van der Waals surface area contributed by atoms with Gasteiger partial charge in [0.1, 0.15) is 6.42 Å². The van der Waals surface area contributed by atoms with Crippen LogP contribution in [0.2, 0.25) is 0 Å². The monoisotopic (exact) mass is 439 g/mol. The van der Waals surface area contributed by atoms with Gasteiger partial charge in [-0.1, -0.05) is 132 Å². The second-order valence-corrected chi connectivity index (χ2v) is 4.64. The summed E-state index contributed by atoms with van der Waals surface area (Å²) >= 11 is 0. The smallest absolute Gasteiger partial charge is 0.122 e. The molecule has 0 aliphatic heterocycles. The molecule has 0 N–H and O–H groups in total. The zero-order valence-electron chi connectivity index (χ0n) is 22.8. The van der Waals surface area contributed by atoms with Crippen molar-refractivity contribution in [3.63, 3.8) is 0 Å². The lowest BCUT2D eigenvalue weighted by atomic mass is 10.1. The summed E-state index contributed by atoms with van der Waals surface area (Å²) in [6.07, 6.45) is 1.88. The number of rotatable bonds is 0. The lowest BCUT2D eigenvalue weighted by molar-refractivity contribution is 1.09. The van der Waals surface area contributed by atoms with E-state index in [1.165, 1.54) is 17.2 Å². The third-order valence-electron chi connectivity index (χ3n) is 2.42. The van der Waals surface area contributed by atoms with Gasteiger partial charge in [0, 0.05) is 6.42 Å². The van der Waals surface area contributed by atoms with Crippen LogP contribution in [0.1, 0.15) is 95.4 Å². The molecule has 0 saturated carbocycles. The van der Waals surface area contributed by atoms with E-state index in [4.69, 9.17) is 15.8 Å². The van der Waals surface area contributed by atoms with Gasteiger partial charge in [0.2, 0.25) is 0 Å². The van der Waals surface area contributed by atoms with Crippen molar-refractivity contribution in [2.75, 3.05) is 0 Å². The molecule has 3 heteroatoms. The third kappa shape index (κ3) is 31.6. The van der Waals surface area contributed by atoms with Crippen molar-refractivity contribution in [1.82, 2.24) is 0 Å². The van der Waals surface area contributed by atoms with Crippen molar-refractivity contribution in [2.24, 2.45) is 0 Å². The van der Waals surface area contributed by atoms with Gasteiger partial charge in [-0.25, -0.2) is 0 Å². The number of hydrogen-bond acceptors (Lipinski definition) is 3. The van der Waals surface area contributed by atoms with Crippen LogP contribution in [0.5, 0.6) is 0 Å². The third-order valence-corrected chi connectivity index (χ3v) is 2.42. The summed E-state index contributed by atoms with van der Waals surface area (Å²) in [5.74, 6) is 0. The fourth-order valence-corrected chi connectivity index (χ4v) is 1.46. The zero-order valence-corrected chi connectivity index (χ0v) is 22.8. The van der Waals surface area contributed by atoms with Gasteiger partial charge >= 0.3 is 0 Å². The van der Waals surface area contributed by atoms with E-state index in [9.17, 15) is 0 Å². The molecule has 0 bridgehead atoms. The highest BCUT2D eigenvalue weighted by Crippen LogP contribution is 2.02. The molecule has 0 heterocycles. The van der Waals surface area contributed by atoms with E-state index in [0.717, 1.165) is 10.4 Å². The minimum absolute atomic E-state index is 0. The van der Waals surface area contributed by atoms with Crippen LogP contribution in [0.4, 0.5) is 0 Å². The molecule has 0 aromatic heterocycles. The molecule has 0 aliphatic rings. The number of fused-ring (bicyclic) bond motifs is 1. The molecule has 0 radical (unpaired) electrons. The Morgan fingerprint density at radius 3 is 1.00 bits per heavy atom. The van der Waals surface area contributed by atoms with Crippen LogP contribution in [-0.4, -0.2) is 0 Å². The lowest BCUT2D eigenvalue weighted by Gasteiger charge is -1.96. The SMILES string of the molecule is C=c1ccc(=C)c2ccccc12.CC.CC.CC.CC.CCC.CCC#N.N#CCC#N. The van der Waals surface area contributed by atoms with E-state index in [2.05, 4.69) is 39.1 Å². The highest BCUT2D eigenvalue weighted by Gasteiger charge is 1.91. The van der Waals surface area contributed by atoms with Crippen molar-refractivity contribution >= 4 is 23.9 Å². The molecular formula is C29H49N3. The maximum Gasteiger partial charge on any atom is 0.122 e. The summed E-state index contributed by atoms with van der Waals surface area (Å²) in [6.45, 7) is 30.0. The number of benzene rings is 2. The Morgan fingerprint density at radius 1 is 0.594 bits per heavy atom. The molecule has 0 fully saturated rings. The van der Waals surface area contributed by atoms with Gasteiger partial charge in [-0.15, -0.1) is 0 Å². The van der Waals surface area contributed by atoms with Gasteiger partial charge in [-0.2, -0.15) is 15.8 Å². The molecule has 0 amide bonds. The molecule has 0 atom stereocenters. The van der Waals surface area contributed by atoms with E-state index in [0.29, 0.717) is 6.42 Å². The Balaban J connectivity index is -0.0000000720. The maximum atomic E-state index is 7.62. The van der Waals surface area contributed by atoms with Gasteiger partial charge in [0.15, 0.2) is 0 Å². The second-order valence-electron chi connectivity index (χ2n) is 4.64. The molecule has 0 saturated heterocycles. The van der Waals surface area contributed by atoms with Gasteiger partial charge in [-0.05, 0) is 21.2 Å². The van der Waals surface area contributed by atoms with Crippen molar-refractivity contribution in [1.29, 1.82) is 15.8 Å². The highest BCUT2D eigenvalue weighted by molar-refractivity contribution is 5.83. The highest BCUT2D eigenvalue weighted by atomic mass is 14.3. The standard InChI is InChI=1S/C12H10.C3H2N2.C3H5N.C3H8.4C2H6/c1-9-7-8-10(2)12-6-4-3-5-11(9)12;4-2-1-3-5;1-2-3-4;1-3-2;4*1-2/h3-8H,1-2H2;1H2;2H2,1H3;3H2,1-2H3;4*1-2H3. The van der Waals surface area contributed by atoms with Crippen LogP contribution in [0.25, 0.3) is 23.9 Å². The first-order chi connectivity index (χ1) is 15.5. The van der Waals surface area contributed by atoms with Crippen LogP contribution in [0.15, 0.2) is 36.4 Å². The zero-order chi connectivity index (χ0) is 26.8. The molecule has 0 aliphatic carbocycles. The molecular weight excluding hydrogens is 390 g/mol. The minimum Gasteiger partial charge on any atom is -0.198 e. The average molecular weight is 440 g/mol. The molecule has 0 unspecified atom stereocenters. The van der Waals surface area contributed by atoms with Crippen molar-refractivity contribution in [3.8, 4) is 18.2 Å². The largest absolute Gasteiger partial charge is 0.198 e. The van der Waals surface area contributed by atoms with Gasteiger partial charge in [0.25, 0.3) is 0 Å². The number of hydrogen-bond donors (Lipinski definition) is 0. The van der Waals surface area contributed by atoms with E-state index in [-0.39, 0.29) is 6.42 Å².